The van der Waals surface area contributed by atoms with Crippen LogP contribution in [0, 0.1) is 11.7 Å². The van der Waals surface area contributed by atoms with Crippen LogP contribution in [-0.4, -0.2) is 24.9 Å². The number of carbonyl (C=O) groups excluding carboxylic acids is 2. The van der Waals surface area contributed by atoms with Crippen molar-refractivity contribution in [1.82, 2.24) is 10.6 Å². The second-order valence-electron chi connectivity index (χ2n) is 4.43. The summed E-state index contributed by atoms with van der Waals surface area (Å²) < 4.78 is 13.0. The van der Waals surface area contributed by atoms with Crippen molar-refractivity contribution in [3.05, 3.63) is 29.6 Å². The van der Waals surface area contributed by atoms with Gasteiger partial charge in [0.2, 0.25) is 5.91 Å². The zero-order valence-corrected chi connectivity index (χ0v) is 11.0. The number of rotatable bonds is 5. The number of anilines is 1. The molecule has 19 heavy (non-hydrogen) atoms. The van der Waals surface area contributed by atoms with E-state index in [0.717, 1.165) is 6.07 Å². The molecule has 2 amide bonds. The molecule has 0 unspecified atom stereocenters. The average Bonchev–Trinajstić information content (AvgIpc) is 2.36. The van der Waals surface area contributed by atoms with Crippen LogP contribution in [0.4, 0.5) is 10.1 Å². The Kier molecular flexibility index (Phi) is 5.29. The number of hydrogen-bond donors (Lipinski definition) is 3. The van der Waals surface area contributed by atoms with Gasteiger partial charge >= 0.3 is 0 Å². The van der Waals surface area contributed by atoms with E-state index in [-0.39, 0.29) is 29.6 Å². The number of halogens is 1. The molecule has 0 radical (unpaired) electrons. The molecule has 0 heterocycles. The third-order valence-corrected chi connectivity index (χ3v) is 2.49. The lowest BCUT2D eigenvalue weighted by Crippen LogP contribution is -2.36. The lowest BCUT2D eigenvalue weighted by atomic mass is 10.1. The van der Waals surface area contributed by atoms with Crippen molar-refractivity contribution in [1.29, 1.82) is 0 Å². The molecule has 0 bridgehead atoms. The van der Waals surface area contributed by atoms with E-state index in [9.17, 15) is 14.0 Å². The predicted octanol–water partition coefficient (Wildman–Crippen LogP) is 0.910. The fourth-order valence-electron chi connectivity index (χ4n) is 1.39. The first kappa shape index (κ1) is 14.9. The molecule has 0 aromatic heterocycles. The summed E-state index contributed by atoms with van der Waals surface area (Å²) in [7, 11) is 0. The molecule has 6 heteroatoms. The molecule has 5 nitrogen and oxygen atoms in total. The largest absolute Gasteiger partial charge is 0.398 e. The van der Waals surface area contributed by atoms with E-state index in [1.54, 1.807) is 13.8 Å². The molecular formula is C13H18FN3O2. The maximum Gasteiger partial charge on any atom is 0.253 e. The number of amides is 2. The first-order valence-electron chi connectivity index (χ1n) is 6.02. The molecule has 0 aliphatic carbocycles. The Balaban J connectivity index is 2.44. The highest BCUT2D eigenvalue weighted by atomic mass is 19.1. The van der Waals surface area contributed by atoms with Gasteiger partial charge in [-0.15, -0.1) is 0 Å². The van der Waals surface area contributed by atoms with Crippen LogP contribution in [0.15, 0.2) is 18.2 Å². The molecule has 1 rings (SSSR count). The highest BCUT2D eigenvalue weighted by molar-refractivity contribution is 5.99. The summed E-state index contributed by atoms with van der Waals surface area (Å²) >= 11 is 0. The van der Waals surface area contributed by atoms with Crippen LogP contribution >= 0.6 is 0 Å². The number of nitrogens with one attached hydrogen (secondary N) is 2. The van der Waals surface area contributed by atoms with Crippen LogP contribution in [-0.2, 0) is 4.79 Å². The Hall–Kier alpha value is -2.11. The van der Waals surface area contributed by atoms with Gasteiger partial charge < -0.3 is 16.4 Å². The summed E-state index contributed by atoms with van der Waals surface area (Å²) in [4.78, 5) is 23.0. The Morgan fingerprint density at radius 2 is 1.89 bits per heavy atom. The summed E-state index contributed by atoms with van der Waals surface area (Å²) in [5.41, 5.74) is 5.89. The molecule has 1 aromatic carbocycles. The van der Waals surface area contributed by atoms with Crippen molar-refractivity contribution >= 4 is 17.5 Å². The second kappa shape index (κ2) is 6.72. The van der Waals surface area contributed by atoms with Gasteiger partial charge in [-0.25, -0.2) is 4.39 Å². The molecule has 0 spiro atoms. The fraction of sp³-hybridized carbons (Fsp3) is 0.385. The van der Waals surface area contributed by atoms with Gasteiger partial charge in [0.1, 0.15) is 5.82 Å². The minimum Gasteiger partial charge on any atom is -0.398 e. The van der Waals surface area contributed by atoms with Crippen molar-refractivity contribution in [2.45, 2.75) is 13.8 Å². The molecule has 0 fully saturated rings. The maximum absolute atomic E-state index is 13.0. The number of benzene rings is 1. The highest BCUT2D eigenvalue weighted by Gasteiger charge is 2.10. The van der Waals surface area contributed by atoms with Crippen molar-refractivity contribution in [2.24, 2.45) is 5.92 Å². The van der Waals surface area contributed by atoms with Gasteiger partial charge in [-0.2, -0.15) is 0 Å². The smallest absolute Gasteiger partial charge is 0.253 e. The third kappa shape index (κ3) is 4.57. The zero-order chi connectivity index (χ0) is 14.4. The van der Waals surface area contributed by atoms with Crippen molar-refractivity contribution in [3.8, 4) is 0 Å². The molecule has 1 aromatic rings. The van der Waals surface area contributed by atoms with E-state index < -0.39 is 11.7 Å². The molecule has 0 saturated heterocycles. The summed E-state index contributed by atoms with van der Waals surface area (Å²) in [6.07, 6.45) is 0. The van der Waals surface area contributed by atoms with Crippen molar-refractivity contribution in [3.63, 3.8) is 0 Å². The van der Waals surface area contributed by atoms with Crippen LogP contribution in [0.25, 0.3) is 0 Å². The van der Waals surface area contributed by atoms with Gasteiger partial charge in [0, 0.05) is 24.7 Å². The minimum absolute atomic E-state index is 0.0838. The molecule has 104 valence electrons. The quantitative estimate of drug-likeness (QED) is 0.547. The number of hydrogen-bond acceptors (Lipinski definition) is 3. The van der Waals surface area contributed by atoms with Crippen LogP contribution in [0.2, 0.25) is 0 Å². The standard InChI is InChI=1S/C13H18FN3O2/c1-8(2)12(18)16-5-6-17-13(19)10-7-9(14)3-4-11(10)15/h3-4,7-8H,5-6,15H2,1-2H3,(H,16,18)(H,17,19). The molecule has 0 aliphatic heterocycles. The number of nitrogen functional groups attached to an aromatic ring is 1. The summed E-state index contributed by atoms with van der Waals surface area (Å²) in [5.74, 6) is -1.17. The second-order valence-corrected chi connectivity index (χ2v) is 4.43. The number of nitrogens with two attached hydrogens (primary N) is 1. The van der Waals surface area contributed by atoms with E-state index in [0.29, 0.717) is 6.54 Å². The third-order valence-electron chi connectivity index (χ3n) is 2.49. The molecule has 0 saturated carbocycles. The SMILES string of the molecule is CC(C)C(=O)NCCNC(=O)c1cc(F)ccc1N. The van der Waals surface area contributed by atoms with Gasteiger partial charge in [-0.3, -0.25) is 9.59 Å². The lowest BCUT2D eigenvalue weighted by molar-refractivity contribution is -0.123. The van der Waals surface area contributed by atoms with E-state index in [4.69, 9.17) is 5.73 Å². The van der Waals surface area contributed by atoms with E-state index in [1.165, 1.54) is 12.1 Å². The Morgan fingerprint density at radius 3 is 2.53 bits per heavy atom. The Bertz CT molecular complexity index is 475. The van der Waals surface area contributed by atoms with Crippen LogP contribution in [0.1, 0.15) is 24.2 Å². The average molecular weight is 267 g/mol. The molecule has 4 N–H and O–H groups in total. The van der Waals surface area contributed by atoms with E-state index >= 15 is 0 Å². The Morgan fingerprint density at radius 1 is 1.26 bits per heavy atom. The van der Waals surface area contributed by atoms with E-state index in [1.807, 2.05) is 0 Å². The monoisotopic (exact) mass is 267 g/mol. The van der Waals surface area contributed by atoms with Crippen molar-refractivity contribution < 1.29 is 14.0 Å². The van der Waals surface area contributed by atoms with Crippen molar-refractivity contribution in [2.75, 3.05) is 18.8 Å². The van der Waals surface area contributed by atoms with Gasteiger partial charge in [0.25, 0.3) is 5.91 Å². The first-order chi connectivity index (χ1) is 8.91. The fourth-order valence-corrected chi connectivity index (χ4v) is 1.39. The van der Waals surface area contributed by atoms with Gasteiger partial charge in [0.05, 0.1) is 5.56 Å². The highest BCUT2D eigenvalue weighted by Crippen LogP contribution is 2.12. The molecule has 0 atom stereocenters. The summed E-state index contributed by atoms with van der Waals surface area (Å²) in [6, 6.07) is 3.61. The van der Waals surface area contributed by atoms with Crippen LogP contribution in [0.3, 0.4) is 0 Å². The summed E-state index contributed by atoms with van der Waals surface area (Å²) in [6.45, 7) is 4.13. The van der Waals surface area contributed by atoms with Crippen LogP contribution in [0.5, 0.6) is 0 Å². The normalized spacial score (nSPS) is 10.3. The van der Waals surface area contributed by atoms with E-state index in [2.05, 4.69) is 10.6 Å². The molecule has 0 aliphatic rings. The Labute approximate surface area is 111 Å². The van der Waals surface area contributed by atoms with Gasteiger partial charge in [-0.1, -0.05) is 13.8 Å². The maximum atomic E-state index is 13.0. The summed E-state index contributed by atoms with van der Waals surface area (Å²) in [5, 5.41) is 5.22. The lowest BCUT2D eigenvalue weighted by Gasteiger charge is -2.09. The molecular weight excluding hydrogens is 249 g/mol. The predicted molar refractivity (Wildman–Crippen MR) is 71.0 cm³/mol. The number of carbonyl (C=O) groups is 2. The van der Waals surface area contributed by atoms with Gasteiger partial charge in [-0.05, 0) is 18.2 Å². The van der Waals surface area contributed by atoms with Crippen LogP contribution < -0.4 is 16.4 Å². The first-order valence-corrected chi connectivity index (χ1v) is 6.02. The van der Waals surface area contributed by atoms with Gasteiger partial charge in [0.15, 0.2) is 0 Å². The minimum atomic E-state index is -0.521. The zero-order valence-electron chi connectivity index (χ0n) is 11.0. The topological polar surface area (TPSA) is 84.2 Å².